The van der Waals surface area contributed by atoms with Crippen LogP contribution in [-0.2, 0) is 23.1 Å². The van der Waals surface area contributed by atoms with Gasteiger partial charge in [0.25, 0.3) is 10.0 Å². The second-order valence-electron chi connectivity index (χ2n) is 6.20. The molecule has 0 atom stereocenters. The van der Waals surface area contributed by atoms with Gasteiger partial charge in [-0.1, -0.05) is 29.8 Å². The minimum Gasteiger partial charge on any atom is -0.296 e. The molecule has 0 radical (unpaired) electrons. The van der Waals surface area contributed by atoms with E-state index < -0.39 is 10.0 Å². The van der Waals surface area contributed by atoms with Crippen LogP contribution in [0.25, 0.3) is 10.9 Å². The first-order valence-electron chi connectivity index (χ1n) is 7.60. The summed E-state index contributed by atoms with van der Waals surface area (Å²) in [5.74, 6) is 0. The second kappa shape index (κ2) is 4.94. The Bertz CT molecular complexity index is 1000. The number of nitrogens with zero attached hydrogens (tertiary/aromatic N) is 2. The van der Waals surface area contributed by atoms with Crippen LogP contribution in [0.5, 0.6) is 0 Å². The molecule has 0 amide bonds. The lowest BCUT2D eigenvalue weighted by Crippen LogP contribution is -2.17. The molecule has 0 unspecified atom stereocenters. The highest BCUT2D eigenvalue weighted by Crippen LogP contribution is 2.35. The molecule has 118 valence electrons. The van der Waals surface area contributed by atoms with Crippen molar-refractivity contribution in [3.63, 3.8) is 0 Å². The van der Waals surface area contributed by atoms with Gasteiger partial charge in [-0.3, -0.25) is 4.90 Å². The molecular weight excluding hydrogens is 308 g/mol. The van der Waals surface area contributed by atoms with Crippen LogP contribution in [-0.4, -0.2) is 24.3 Å². The Balaban J connectivity index is 2.07. The van der Waals surface area contributed by atoms with E-state index in [0.717, 1.165) is 34.3 Å². The maximum absolute atomic E-state index is 13.2. The number of fused-ring (bicyclic) bond motifs is 3. The summed E-state index contributed by atoms with van der Waals surface area (Å²) in [6.45, 7) is 3.47. The van der Waals surface area contributed by atoms with Crippen molar-refractivity contribution in [2.75, 3.05) is 7.05 Å². The predicted molar refractivity (Wildman–Crippen MR) is 90.9 cm³/mol. The fourth-order valence-electron chi connectivity index (χ4n) is 3.38. The van der Waals surface area contributed by atoms with Gasteiger partial charge in [0.2, 0.25) is 0 Å². The van der Waals surface area contributed by atoms with Gasteiger partial charge in [0, 0.05) is 18.5 Å². The van der Waals surface area contributed by atoms with Gasteiger partial charge in [-0.2, -0.15) is 0 Å². The fraction of sp³-hybridized carbons (Fsp3) is 0.222. The van der Waals surface area contributed by atoms with E-state index in [1.54, 1.807) is 24.3 Å². The fourth-order valence-corrected chi connectivity index (χ4v) is 4.97. The van der Waals surface area contributed by atoms with Crippen molar-refractivity contribution in [3.05, 3.63) is 65.4 Å². The van der Waals surface area contributed by atoms with Crippen LogP contribution in [0, 0.1) is 6.92 Å². The van der Waals surface area contributed by atoms with E-state index in [2.05, 4.69) is 11.0 Å². The molecule has 4 rings (SSSR count). The zero-order chi connectivity index (χ0) is 16.2. The van der Waals surface area contributed by atoms with E-state index in [4.69, 9.17) is 0 Å². The van der Waals surface area contributed by atoms with Crippen molar-refractivity contribution >= 4 is 20.9 Å². The SMILES string of the molecule is Cc1ccc2c(c1)c1c(n2S(=O)(=O)c2ccccc2)CN(C)C1. The summed E-state index contributed by atoms with van der Waals surface area (Å²) in [5.41, 5.74) is 3.93. The zero-order valence-corrected chi connectivity index (χ0v) is 14.0. The van der Waals surface area contributed by atoms with E-state index in [1.807, 2.05) is 32.2 Å². The summed E-state index contributed by atoms with van der Waals surface area (Å²) in [4.78, 5) is 2.47. The summed E-state index contributed by atoms with van der Waals surface area (Å²) >= 11 is 0. The molecule has 0 saturated heterocycles. The zero-order valence-electron chi connectivity index (χ0n) is 13.2. The van der Waals surface area contributed by atoms with Gasteiger partial charge >= 0.3 is 0 Å². The molecule has 0 saturated carbocycles. The van der Waals surface area contributed by atoms with Crippen molar-refractivity contribution < 1.29 is 8.42 Å². The van der Waals surface area contributed by atoms with Gasteiger partial charge in [-0.15, -0.1) is 0 Å². The number of benzene rings is 2. The highest BCUT2D eigenvalue weighted by molar-refractivity contribution is 7.90. The first-order valence-corrected chi connectivity index (χ1v) is 9.04. The van der Waals surface area contributed by atoms with E-state index in [-0.39, 0.29) is 0 Å². The van der Waals surface area contributed by atoms with E-state index >= 15 is 0 Å². The molecule has 2 aromatic carbocycles. The Kier molecular flexibility index (Phi) is 3.11. The summed E-state index contributed by atoms with van der Waals surface area (Å²) in [6, 6.07) is 14.6. The van der Waals surface area contributed by atoms with Crippen LogP contribution in [0.1, 0.15) is 16.8 Å². The minimum atomic E-state index is -3.59. The number of hydrogen-bond donors (Lipinski definition) is 0. The smallest absolute Gasteiger partial charge is 0.268 e. The third-order valence-corrected chi connectivity index (χ3v) is 6.18. The van der Waals surface area contributed by atoms with Crippen molar-refractivity contribution in [3.8, 4) is 0 Å². The Labute approximate surface area is 136 Å². The van der Waals surface area contributed by atoms with Crippen molar-refractivity contribution in [1.82, 2.24) is 8.87 Å². The highest BCUT2D eigenvalue weighted by Gasteiger charge is 2.30. The third-order valence-electron chi connectivity index (χ3n) is 4.42. The Morgan fingerprint density at radius 3 is 2.48 bits per heavy atom. The second-order valence-corrected chi connectivity index (χ2v) is 7.99. The standard InChI is InChI=1S/C18H18N2O2S/c1-13-8-9-17-15(10-13)16-11-19(2)12-18(16)20(17)23(21,22)14-6-4-3-5-7-14/h3-10H,11-12H2,1-2H3. The van der Waals surface area contributed by atoms with Gasteiger partial charge in [0.1, 0.15) is 0 Å². The lowest BCUT2D eigenvalue weighted by atomic mass is 10.1. The number of rotatable bonds is 2. The molecule has 23 heavy (non-hydrogen) atoms. The van der Waals surface area contributed by atoms with Crippen molar-refractivity contribution in [2.24, 2.45) is 0 Å². The Hall–Kier alpha value is -2.11. The van der Waals surface area contributed by atoms with E-state index in [9.17, 15) is 8.42 Å². The van der Waals surface area contributed by atoms with E-state index in [0.29, 0.717) is 11.4 Å². The molecule has 1 aliphatic rings. The first-order chi connectivity index (χ1) is 11.0. The van der Waals surface area contributed by atoms with Crippen molar-refractivity contribution in [2.45, 2.75) is 24.9 Å². The number of aromatic nitrogens is 1. The lowest BCUT2D eigenvalue weighted by Gasteiger charge is -2.13. The monoisotopic (exact) mass is 326 g/mol. The molecule has 1 aromatic heterocycles. The van der Waals surface area contributed by atoms with Gasteiger partial charge in [0.05, 0.1) is 16.1 Å². The average molecular weight is 326 g/mol. The maximum atomic E-state index is 13.2. The van der Waals surface area contributed by atoms with Gasteiger partial charge in [-0.05, 0) is 43.8 Å². The average Bonchev–Trinajstić information content (AvgIpc) is 3.03. The van der Waals surface area contributed by atoms with Crippen LogP contribution < -0.4 is 0 Å². The van der Waals surface area contributed by atoms with E-state index in [1.165, 1.54) is 3.97 Å². The van der Waals surface area contributed by atoms with Crippen LogP contribution in [0.4, 0.5) is 0 Å². The first kappa shape index (κ1) is 14.5. The molecule has 0 spiro atoms. The largest absolute Gasteiger partial charge is 0.296 e. The van der Waals surface area contributed by atoms with Gasteiger partial charge < -0.3 is 0 Å². The van der Waals surface area contributed by atoms with Crippen LogP contribution in [0.3, 0.4) is 0 Å². The molecule has 2 heterocycles. The third kappa shape index (κ3) is 2.11. The van der Waals surface area contributed by atoms with Crippen LogP contribution >= 0.6 is 0 Å². The normalized spacial score (nSPS) is 15.2. The molecule has 4 nitrogen and oxygen atoms in total. The molecular formula is C18H18N2O2S. The quantitative estimate of drug-likeness (QED) is 0.726. The summed E-state index contributed by atoms with van der Waals surface area (Å²) in [5, 5.41) is 1.05. The molecule has 0 N–H and O–H groups in total. The van der Waals surface area contributed by atoms with Gasteiger partial charge in [0.15, 0.2) is 0 Å². The molecule has 0 aliphatic carbocycles. The summed E-state index contributed by atoms with van der Waals surface area (Å²) < 4.78 is 27.9. The molecule has 3 aromatic rings. The topological polar surface area (TPSA) is 42.3 Å². The van der Waals surface area contributed by atoms with Crippen LogP contribution in [0.15, 0.2) is 53.4 Å². The maximum Gasteiger partial charge on any atom is 0.268 e. The lowest BCUT2D eigenvalue weighted by molar-refractivity contribution is 0.350. The van der Waals surface area contributed by atoms with Crippen molar-refractivity contribution in [1.29, 1.82) is 0 Å². The highest BCUT2D eigenvalue weighted by atomic mass is 32.2. The van der Waals surface area contributed by atoms with Crippen LogP contribution in [0.2, 0.25) is 0 Å². The molecule has 0 fully saturated rings. The predicted octanol–water partition coefficient (Wildman–Crippen LogP) is 3.13. The Morgan fingerprint density at radius 2 is 1.74 bits per heavy atom. The Morgan fingerprint density at radius 1 is 1.00 bits per heavy atom. The summed E-state index contributed by atoms with van der Waals surface area (Å²) in [7, 11) is -1.58. The molecule has 5 heteroatoms. The minimum absolute atomic E-state index is 0.329. The van der Waals surface area contributed by atoms with Gasteiger partial charge in [-0.25, -0.2) is 12.4 Å². The summed E-state index contributed by atoms with van der Waals surface area (Å²) in [6.07, 6.45) is 0. The number of hydrogen-bond acceptors (Lipinski definition) is 3. The molecule has 0 bridgehead atoms. The number of aryl methyl sites for hydroxylation is 1. The molecule has 1 aliphatic heterocycles.